The highest BCUT2D eigenvalue weighted by atomic mass is 31.2. The highest BCUT2D eigenvalue weighted by Crippen LogP contribution is 2.53. The van der Waals surface area contributed by atoms with Crippen LogP contribution in [0.25, 0.3) is 0 Å². The molecule has 0 radical (unpaired) electrons. The van der Waals surface area contributed by atoms with E-state index < -0.39 is 94.9 Å². The molecule has 40 heavy (non-hydrogen) atoms. The van der Waals surface area contributed by atoms with Gasteiger partial charge in [-0.3, -0.25) is 37.0 Å². The Bertz CT molecular complexity index is 1540. The number of ether oxygens (including phenoxy) is 2. The molecule has 20 nitrogen and oxygen atoms in total. The number of aromatic amines is 1. The Morgan fingerprint density at radius 2 is 1.38 bits per heavy atom. The first-order valence-electron chi connectivity index (χ1n) is 11.4. The number of aliphatic hydroxyl groups is 2. The summed E-state index contributed by atoms with van der Waals surface area (Å²) in [4.78, 5) is 62.0. The second-order valence-electron chi connectivity index (χ2n) is 8.84. The molecule has 2 aromatic rings. The fourth-order valence-electron chi connectivity index (χ4n) is 4.38. The van der Waals surface area contributed by atoms with Crippen LogP contribution in [0.3, 0.4) is 0 Å². The second kappa shape index (κ2) is 10.7. The highest BCUT2D eigenvalue weighted by Gasteiger charge is 2.53. The Kier molecular flexibility index (Phi) is 7.72. The van der Waals surface area contributed by atoms with E-state index in [0.717, 1.165) is 27.6 Å². The molecule has 220 valence electrons. The number of H-pyrrole nitrogens is 1. The number of fused-ring (bicyclic) bond motifs is 2. The zero-order chi connectivity index (χ0) is 29.0. The number of nitrogens with zero attached hydrogens (tertiary/aromatic N) is 3. The first-order chi connectivity index (χ1) is 18.7. The molecule has 2 unspecified atom stereocenters. The molecule has 0 spiro atoms. The molecule has 3 saturated heterocycles. The number of hydrogen-bond acceptors (Lipinski definition) is 15. The summed E-state index contributed by atoms with van der Waals surface area (Å²) in [5.74, 6) is -0.131. The Morgan fingerprint density at radius 3 is 1.88 bits per heavy atom. The van der Waals surface area contributed by atoms with Crippen LogP contribution in [0, 0.1) is 0 Å². The summed E-state index contributed by atoms with van der Waals surface area (Å²) < 4.78 is 58.3. The normalized spacial score (nSPS) is 40.5. The van der Waals surface area contributed by atoms with Crippen LogP contribution < -0.4 is 22.7 Å². The molecular formula is C18H23N5O15P2. The van der Waals surface area contributed by atoms with Gasteiger partial charge in [-0.25, -0.2) is 18.7 Å². The molecule has 0 saturated carbocycles. The van der Waals surface area contributed by atoms with Crippen LogP contribution in [0.2, 0.25) is 0 Å². The van der Waals surface area contributed by atoms with Gasteiger partial charge in [-0.15, -0.1) is 0 Å². The summed E-state index contributed by atoms with van der Waals surface area (Å²) in [5, 5.41) is 21.6. The fraction of sp³-hybridized carbons (Fsp3) is 0.556. The average Bonchev–Trinajstić information content (AvgIpc) is 3.32. The van der Waals surface area contributed by atoms with Crippen LogP contribution in [-0.4, -0.2) is 88.9 Å². The number of nitrogen functional groups attached to an aromatic ring is 1. The summed E-state index contributed by atoms with van der Waals surface area (Å²) in [7, 11) is -10.2. The van der Waals surface area contributed by atoms with Crippen LogP contribution >= 0.6 is 15.6 Å². The summed E-state index contributed by atoms with van der Waals surface area (Å²) in [6.07, 6.45) is -11.3. The predicted molar refractivity (Wildman–Crippen MR) is 125 cm³/mol. The Balaban J connectivity index is 1.42. The monoisotopic (exact) mass is 611 g/mol. The molecule has 0 amide bonds. The van der Waals surface area contributed by atoms with Gasteiger partial charge in [0.15, 0.2) is 12.5 Å². The third kappa shape index (κ3) is 5.75. The number of rotatable bonds is 2. The largest absolute Gasteiger partial charge is 0.472 e. The van der Waals surface area contributed by atoms with Gasteiger partial charge in [-0.05, 0) is 6.07 Å². The van der Waals surface area contributed by atoms with Gasteiger partial charge in [0, 0.05) is 18.5 Å². The zero-order valence-electron chi connectivity index (χ0n) is 19.9. The number of phosphoric ester groups is 2. The van der Waals surface area contributed by atoms with Gasteiger partial charge in [-0.2, -0.15) is 4.98 Å². The smallest absolute Gasteiger partial charge is 0.386 e. The first kappa shape index (κ1) is 28.9. The van der Waals surface area contributed by atoms with Gasteiger partial charge < -0.3 is 35.2 Å². The summed E-state index contributed by atoms with van der Waals surface area (Å²) in [5.41, 5.74) is 2.76. The third-order valence-electron chi connectivity index (χ3n) is 6.18. The van der Waals surface area contributed by atoms with E-state index in [9.17, 15) is 43.5 Å². The van der Waals surface area contributed by atoms with Gasteiger partial charge in [0.2, 0.25) is 0 Å². The van der Waals surface area contributed by atoms with Crippen molar-refractivity contribution >= 4 is 21.5 Å². The highest BCUT2D eigenvalue weighted by molar-refractivity contribution is 7.47. The molecule has 3 fully saturated rings. The van der Waals surface area contributed by atoms with E-state index in [4.69, 9.17) is 33.3 Å². The van der Waals surface area contributed by atoms with Crippen molar-refractivity contribution in [3.8, 4) is 0 Å². The second-order valence-corrected chi connectivity index (χ2v) is 11.7. The maximum absolute atomic E-state index is 12.8. The van der Waals surface area contributed by atoms with Crippen molar-refractivity contribution in [3.05, 3.63) is 55.8 Å². The number of anilines is 1. The molecule has 0 aliphatic carbocycles. The van der Waals surface area contributed by atoms with Crippen LogP contribution in [0.4, 0.5) is 5.82 Å². The third-order valence-corrected chi connectivity index (χ3v) is 8.15. The summed E-state index contributed by atoms with van der Waals surface area (Å²) >= 11 is 0. The van der Waals surface area contributed by atoms with E-state index in [0.29, 0.717) is 0 Å². The quantitative estimate of drug-likeness (QED) is 0.183. The summed E-state index contributed by atoms with van der Waals surface area (Å²) in [6, 6.07) is 2.16. The van der Waals surface area contributed by atoms with E-state index in [1.54, 1.807) is 0 Å². The van der Waals surface area contributed by atoms with E-state index in [-0.39, 0.29) is 5.82 Å². The van der Waals surface area contributed by atoms with Gasteiger partial charge in [-0.1, -0.05) is 0 Å². The average molecular weight is 611 g/mol. The standard InChI is InChI=1S/C18H23N5O15P2/c19-9-1-3-22(17(27)20-9)15-11(25)13-7(35-15)5-33-40(31,32)38-14-8(6-34-39(29,30)37-13)36-16(12(14)26)23-4-2-10(24)21-18(23)28/h1-4,7-8,11-16,25-26H,5-6H2,(H,29,30)(H,31,32)(H2,19,20,27)(H,21,24,28)/t7-,8-,11-,12-,13-,14-,15-,16-/m1/s1. The van der Waals surface area contributed by atoms with Gasteiger partial charge in [0.1, 0.15) is 42.4 Å². The maximum Gasteiger partial charge on any atom is 0.472 e. The van der Waals surface area contributed by atoms with Crippen molar-refractivity contribution in [2.24, 2.45) is 0 Å². The molecule has 10 atom stereocenters. The minimum atomic E-state index is -5.08. The van der Waals surface area contributed by atoms with Crippen LogP contribution in [0.15, 0.2) is 38.9 Å². The molecule has 0 bridgehead atoms. The van der Waals surface area contributed by atoms with Crippen molar-refractivity contribution in [2.45, 2.75) is 49.1 Å². The van der Waals surface area contributed by atoms with Crippen molar-refractivity contribution < 1.29 is 56.7 Å². The van der Waals surface area contributed by atoms with Crippen molar-refractivity contribution in [3.63, 3.8) is 0 Å². The lowest BCUT2D eigenvalue weighted by Crippen LogP contribution is -2.40. The van der Waals surface area contributed by atoms with Gasteiger partial charge >= 0.3 is 27.0 Å². The van der Waals surface area contributed by atoms with E-state index in [1.165, 1.54) is 6.07 Å². The van der Waals surface area contributed by atoms with Crippen LogP contribution in [-0.2, 0) is 36.7 Å². The lowest BCUT2D eigenvalue weighted by molar-refractivity contribution is -0.0684. The molecule has 5 rings (SSSR count). The predicted octanol–water partition coefficient (Wildman–Crippen LogP) is -3.09. The number of phosphoric acid groups is 2. The lowest BCUT2D eigenvalue weighted by atomic mass is 10.1. The number of hydrogen-bond donors (Lipinski definition) is 6. The molecule has 3 aliphatic rings. The molecule has 5 heterocycles. The zero-order valence-corrected chi connectivity index (χ0v) is 21.7. The number of nitrogens with one attached hydrogen (secondary N) is 1. The minimum absolute atomic E-state index is 0.131. The van der Waals surface area contributed by atoms with E-state index in [1.807, 2.05) is 4.98 Å². The van der Waals surface area contributed by atoms with Crippen molar-refractivity contribution in [2.75, 3.05) is 18.9 Å². The number of nitrogens with two attached hydrogens (primary N) is 1. The van der Waals surface area contributed by atoms with Crippen LogP contribution in [0.5, 0.6) is 0 Å². The van der Waals surface area contributed by atoms with Crippen LogP contribution in [0.1, 0.15) is 12.5 Å². The molecule has 0 aromatic carbocycles. The molecule has 22 heteroatoms. The van der Waals surface area contributed by atoms with Gasteiger partial charge in [0.25, 0.3) is 5.56 Å². The van der Waals surface area contributed by atoms with E-state index >= 15 is 0 Å². The molecule has 2 aromatic heterocycles. The van der Waals surface area contributed by atoms with Crippen molar-refractivity contribution in [1.29, 1.82) is 0 Å². The Hall–Kier alpha value is -2.58. The fourth-order valence-corrected chi connectivity index (χ4v) is 6.31. The molecule has 7 N–H and O–H groups in total. The lowest BCUT2D eigenvalue weighted by Gasteiger charge is -2.27. The van der Waals surface area contributed by atoms with E-state index in [2.05, 4.69) is 4.98 Å². The topological polar surface area (TPSA) is 286 Å². The maximum atomic E-state index is 12.8. The van der Waals surface area contributed by atoms with Gasteiger partial charge in [0.05, 0.1) is 13.2 Å². The molecule has 3 aliphatic heterocycles. The minimum Gasteiger partial charge on any atom is -0.386 e. The SMILES string of the molecule is Nc1ccn([C@@H]2O[C@@H]3COP(=O)(O)O[C@H]4[C@@H](O)[C@H](n5ccc(=O)[nH]c5=O)O[C@@H]4COP(=O)(O)O[C@H]3[C@H]2O)c(=O)n1. The Morgan fingerprint density at radius 1 is 0.875 bits per heavy atom. The number of aromatic nitrogens is 4. The van der Waals surface area contributed by atoms with Crippen molar-refractivity contribution in [1.82, 2.24) is 19.1 Å². The summed E-state index contributed by atoms with van der Waals surface area (Å²) in [6.45, 7) is -1.79. The number of aliphatic hydroxyl groups excluding tert-OH is 2. The first-order valence-corrected chi connectivity index (χ1v) is 14.4. The Labute approximate surface area is 221 Å². The molecular weight excluding hydrogens is 588 g/mol.